The van der Waals surface area contributed by atoms with Gasteiger partial charge in [-0.15, -0.1) is 0 Å². The van der Waals surface area contributed by atoms with Crippen LogP contribution in [-0.4, -0.2) is 25.9 Å². The summed E-state index contributed by atoms with van der Waals surface area (Å²) >= 11 is 0. The fraction of sp³-hybridized carbons (Fsp3) is 0.273. The highest BCUT2D eigenvalue weighted by Crippen LogP contribution is 2.06. The number of hydrogen-bond acceptors (Lipinski definition) is 3. The maximum Gasteiger partial charge on any atom is 0.0615 e. The predicted molar refractivity (Wildman–Crippen MR) is 59.9 cm³/mol. The van der Waals surface area contributed by atoms with Crippen LogP contribution < -0.4 is 5.73 Å². The molecule has 78 valence electrons. The van der Waals surface area contributed by atoms with E-state index in [9.17, 15) is 0 Å². The Labute approximate surface area is 84.8 Å². The zero-order valence-corrected chi connectivity index (χ0v) is 8.60. The fourth-order valence-corrected chi connectivity index (χ4v) is 0.796. The van der Waals surface area contributed by atoms with Gasteiger partial charge in [-0.05, 0) is 17.7 Å². The molecule has 14 heavy (non-hydrogen) atoms. The number of rotatable bonds is 2. The van der Waals surface area contributed by atoms with Crippen LogP contribution in [0.25, 0.3) is 6.08 Å². The molecule has 3 N–H and O–H groups in total. The van der Waals surface area contributed by atoms with Gasteiger partial charge in [0, 0.05) is 19.9 Å². The van der Waals surface area contributed by atoms with Gasteiger partial charge in [-0.1, -0.05) is 24.3 Å². The second-order valence-corrected chi connectivity index (χ2v) is 2.66. The molecule has 0 aliphatic heterocycles. The summed E-state index contributed by atoms with van der Waals surface area (Å²) in [4.78, 5) is 0. The smallest absolute Gasteiger partial charge is 0.0615 e. The van der Waals surface area contributed by atoms with Crippen LogP contribution in [0, 0.1) is 0 Å². The van der Waals surface area contributed by atoms with E-state index in [0.717, 1.165) is 11.3 Å². The summed E-state index contributed by atoms with van der Waals surface area (Å²) in [6.07, 6.45) is 3.53. The molecule has 0 fully saturated rings. The highest BCUT2D eigenvalue weighted by atomic mass is 16.4. The normalized spacial score (nSPS) is 9.64. The first-order valence-electron chi connectivity index (χ1n) is 4.27. The lowest BCUT2D eigenvalue weighted by Gasteiger charge is -1.93. The first-order chi connectivity index (χ1) is 6.74. The molecule has 0 amide bonds. The van der Waals surface area contributed by atoms with Crippen molar-refractivity contribution in [3.63, 3.8) is 0 Å². The van der Waals surface area contributed by atoms with Crippen molar-refractivity contribution in [1.82, 2.24) is 0 Å². The Balaban J connectivity index is 0.000000500. The Morgan fingerprint density at radius 2 is 1.79 bits per heavy atom. The molecule has 0 saturated heterocycles. The molecule has 1 rings (SSSR count). The molecule has 0 heterocycles. The second-order valence-electron chi connectivity index (χ2n) is 2.66. The summed E-state index contributed by atoms with van der Waals surface area (Å²) in [5.74, 6) is 0. The van der Waals surface area contributed by atoms with E-state index in [0.29, 0.717) is 0 Å². The molecule has 0 aromatic heterocycles. The summed E-state index contributed by atoms with van der Waals surface area (Å²) < 4.78 is 4.25. The quantitative estimate of drug-likeness (QED) is 0.704. The van der Waals surface area contributed by atoms with Crippen LogP contribution in [0.1, 0.15) is 5.56 Å². The third kappa shape index (κ3) is 6.22. The van der Waals surface area contributed by atoms with E-state index in [1.54, 1.807) is 20.3 Å². The van der Waals surface area contributed by atoms with Gasteiger partial charge in [-0.3, -0.25) is 0 Å². The number of nitrogens with two attached hydrogens (primary N) is 1. The van der Waals surface area contributed by atoms with Gasteiger partial charge in [0.25, 0.3) is 0 Å². The molecular weight excluding hydrogens is 178 g/mol. The van der Waals surface area contributed by atoms with Gasteiger partial charge in [-0.25, -0.2) is 0 Å². The molecule has 0 bridgehead atoms. The number of nitrogen functional groups attached to an aromatic ring is 1. The zero-order valence-electron chi connectivity index (χ0n) is 8.60. The van der Waals surface area contributed by atoms with Gasteiger partial charge in [0.2, 0.25) is 0 Å². The van der Waals surface area contributed by atoms with Crippen LogP contribution in [0.15, 0.2) is 30.3 Å². The number of hydrogen-bond donors (Lipinski definition) is 2. The number of ether oxygens (including phenoxy) is 1. The lowest BCUT2D eigenvalue weighted by molar-refractivity contribution is 0.277. The molecule has 0 aliphatic carbocycles. The number of aliphatic hydroxyl groups is 1. The summed E-state index contributed by atoms with van der Waals surface area (Å²) in [6, 6.07) is 7.47. The van der Waals surface area contributed by atoms with Crippen LogP contribution in [0.3, 0.4) is 0 Å². The van der Waals surface area contributed by atoms with E-state index in [2.05, 4.69) is 4.74 Å². The molecule has 1 aromatic carbocycles. The molecule has 3 heteroatoms. The van der Waals surface area contributed by atoms with Crippen LogP contribution in [0.5, 0.6) is 0 Å². The van der Waals surface area contributed by atoms with E-state index < -0.39 is 0 Å². The van der Waals surface area contributed by atoms with E-state index >= 15 is 0 Å². The van der Waals surface area contributed by atoms with Crippen molar-refractivity contribution in [1.29, 1.82) is 0 Å². The summed E-state index contributed by atoms with van der Waals surface area (Å²) in [6.45, 7) is 0.0738. The zero-order chi connectivity index (χ0) is 10.8. The lowest BCUT2D eigenvalue weighted by Crippen LogP contribution is -1.82. The van der Waals surface area contributed by atoms with Crippen molar-refractivity contribution >= 4 is 11.8 Å². The van der Waals surface area contributed by atoms with Gasteiger partial charge in [0.1, 0.15) is 0 Å². The predicted octanol–water partition coefficient (Wildman–Crippen LogP) is 1.54. The maximum absolute atomic E-state index is 8.47. The van der Waals surface area contributed by atoms with Crippen LogP contribution in [-0.2, 0) is 4.74 Å². The van der Waals surface area contributed by atoms with Crippen molar-refractivity contribution in [2.75, 3.05) is 26.6 Å². The highest BCUT2D eigenvalue weighted by Gasteiger charge is 1.84. The lowest BCUT2D eigenvalue weighted by atomic mass is 10.2. The van der Waals surface area contributed by atoms with Crippen molar-refractivity contribution in [2.24, 2.45) is 0 Å². The fourth-order valence-electron chi connectivity index (χ4n) is 0.796. The largest absolute Gasteiger partial charge is 0.399 e. The minimum Gasteiger partial charge on any atom is -0.399 e. The van der Waals surface area contributed by atoms with Crippen molar-refractivity contribution in [2.45, 2.75) is 0 Å². The Morgan fingerprint density at radius 1 is 1.29 bits per heavy atom. The van der Waals surface area contributed by atoms with Gasteiger partial charge in [0.05, 0.1) is 6.61 Å². The topological polar surface area (TPSA) is 55.5 Å². The average Bonchev–Trinajstić information content (AvgIpc) is 2.18. The van der Waals surface area contributed by atoms with Crippen molar-refractivity contribution in [3.8, 4) is 0 Å². The second kappa shape index (κ2) is 8.29. The third-order valence-electron chi connectivity index (χ3n) is 1.35. The average molecular weight is 195 g/mol. The number of methoxy groups -OCH3 is 1. The number of anilines is 1. The van der Waals surface area contributed by atoms with Crippen molar-refractivity contribution < 1.29 is 9.84 Å². The summed E-state index contributed by atoms with van der Waals surface area (Å²) in [5, 5.41) is 8.47. The Bertz CT molecular complexity index is 254. The number of benzene rings is 1. The molecule has 0 unspecified atom stereocenters. The van der Waals surface area contributed by atoms with E-state index in [1.807, 2.05) is 30.3 Å². The van der Waals surface area contributed by atoms with Gasteiger partial charge < -0.3 is 15.6 Å². The molecule has 0 radical (unpaired) electrons. The maximum atomic E-state index is 8.47. The minimum absolute atomic E-state index is 0.0738. The summed E-state index contributed by atoms with van der Waals surface area (Å²) in [5.41, 5.74) is 7.29. The first kappa shape index (κ1) is 12.7. The first-order valence-corrected chi connectivity index (χ1v) is 4.27. The van der Waals surface area contributed by atoms with Gasteiger partial charge in [0.15, 0.2) is 0 Å². The van der Waals surface area contributed by atoms with E-state index in [1.165, 1.54) is 0 Å². The molecule has 0 aliphatic rings. The number of aliphatic hydroxyl groups excluding tert-OH is 1. The Morgan fingerprint density at radius 3 is 2.21 bits per heavy atom. The van der Waals surface area contributed by atoms with Gasteiger partial charge in [-0.2, -0.15) is 0 Å². The van der Waals surface area contributed by atoms with E-state index in [-0.39, 0.29) is 6.61 Å². The SMILES string of the molecule is COC.Nc1ccc(C=CCO)cc1. The van der Waals surface area contributed by atoms with Crippen molar-refractivity contribution in [3.05, 3.63) is 35.9 Å². The molecule has 0 atom stereocenters. The van der Waals surface area contributed by atoms with Crippen LogP contribution in [0.4, 0.5) is 5.69 Å². The highest BCUT2D eigenvalue weighted by molar-refractivity contribution is 5.53. The van der Waals surface area contributed by atoms with E-state index in [4.69, 9.17) is 10.8 Å². The molecular formula is C11H17NO2. The monoisotopic (exact) mass is 195 g/mol. The molecule has 1 aromatic rings. The van der Waals surface area contributed by atoms with Crippen LogP contribution in [0.2, 0.25) is 0 Å². The third-order valence-corrected chi connectivity index (χ3v) is 1.35. The minimum atomic E-state index is 0.0738. The van der Waals surface area contributed by atoms with Gasteiger partial charge >= 0.3 is 0 Å². The molecule has 0 saturated carbocycles. The molecule has 3 nitrogen and oxygen atoms in total. The Hall–Kier alpha value is -1.32. The molecule has 0 spiro atoms. The summed E-state index contributed by atoms with van der Waals surface area (Å²) in [7, 11) is 3.25. The van der Waals surface area contributed by atoms with Crippen LogP contribution >= 0.6 is 0 Å². The Kier molecular flexibility index (Phi) is 7.50. The standard InChI is InChI=1S/C9H11NO.C2H6O/c10-9-5-3-8(4-6-9)2-1-7-11;1-3-2/h1-6,11H,7,10H2;1-2H3.